The van der Waals surface area contributed by atoms with Gasteiger partial charge in [0.15, 0.2) is 5.58 Å². The Morgan fingerprint density at radius 2 is 0.912 bits per heavy atom. The van der Waals surface area contributed by atoms with Gasteiger partial charge in [-0.25, -0.2) is 0 Å². The van der Waals surface area contributed by atoms with Crippen molar-refractivity contribution in [1.82, 2.24) is 4.57 Å². The monoisotopic (exact) mass is 726 g/mol. The summed E-state index contributed by atoms with van der Waals surface area (Å²) < 4.78 is 8.92. The minimum Gasteiger partial charge on any atom is -0.454 e. The van der Waals surface area contributed by atoms with Crippen LogP contribution in [-0.2, 0) is 0 Å². The number of anilines is 3. The first-order valence-corrected chi connectivity index (χ1v) is 19.5. The second-order valence-corrected chi connectivity index (χ2v) is 15.0. The molecule has 0 aliphatic rings. The van der Waals surface area contributed by atoms with Crippen molar-refractivity contribution in [1.29, 1.82) is 0 Å². The van der Waals surface area contributed by atoms with E-state index in [1.54, 1.807) is 0 Å². The zero-order chi connectivity index (χ0) is 37.5. The summed E-state index contributed by atoms with van der Waals surface area (Å²) in [6, 6.07) is 74.5. The Morgan fingerprint density at radius 1 is 0.368 bits per heavy atom. The minimum absolute atomic E-state index is 0.896. The molecule has 0 spiro atoms. The van der Waals surface area contributed by atoms with Gasteiger partial charge < -0.3 is 13.9 Å². The molecule has 0 radical (unpaired) electrons. The van der Waals surface area contributed by atoms with Gasteiger partial charge in [0.05, 0.1) is 5.52 Å². The summed E-state index contributed by atoms with van der Waals surface area (Å²) in [6.45, 7) is 0. The third-order valence-electron chi connectivity index (χ3n) is 11.7. The normalized spacial score (nSPS) is 11.9. The smallest absolute Gasteiger partial charge is 0.161 e. The van der Waals surface area contributed by atoms with E-state index >= 15 is 0 Å². The number of rotatable bonds is 6. The molecule has 266 valence electrons. The molecule has 3 heteroatoms. The second-order valence-electron chi connectivity index (χ2n) is 15.0. The predicted octanol–water partition coefficient (Wildman–Crippen LogP) is 15.2. The van der Waals surface area contributed by atoms with Crippen LogP contribution in [0.2, 0.25) is 0 Å². The molecule has 0 aliphatic carbocycles. The Labute approximate surface area is 329 Å². The van der Waals surface area contributed by atoms with E-state index in [4.69, 9.17) is 4.42 Å². The highest BCUT2D eigenvalue weighted by Gasteiger charge is 2.21. The lowest BCUT2D eigenvalue weighted by Crippen LogP contribution is -2.10. The summed E-state index contributed by atoms with van der Waals surface area (Å²) in [7, 11) is 0. The van der Waals surface area contributed by atoms with Gasteiger partial charge in [0.2, 0.25) is 0 Å². The molecule has 0 amide bonds. The van der Waals surface area contributed by atoms with Crippen LogP contribution in [0.25, 0.3) is 93.2 Å². The van der Waals surface area contributed by atoms with E-state index in [-0.39, 0.29) is 0 Å². The van der Waals surface area contributed by atoms with Crippen LogP contribution in [0.5, 0.6) is 0 Å². The van der Waals surface area contributed by atoms with Gasteiger partial charge in [-0.2, -0.15) is 0 Å². The molecule has 12 rings (SSSR count). The molecule has 12 aromatic rings. The molecule has 0 saturated heterocycles. The van der Waals surface area contributed by atoms with Gasteiger partial charge in [-0.15, -0.1) is 0 Å². The molecule has 0 aliphatic heterocycles. The Hall–Kier alpha value is -7.62. The van der Waals surface area contributed by atoms with Crippen molar-refractivity contribution in [2.45, 2.75) is 0 Å². The molecule has 0 bridgehead atoms. The molecule has 2 heterocycles. The van der Waals surface area contributed by atoms with Crippen molar-refractivity contribution in [3.63, 3.8) is 0 Å². The number of hydrogen-bond acceptors (Lipinski definition) is 2. The summed E-state index contributed by atoms with van der Waals surface area (Å²) in [5, 5.41) is 9.89. The molecule has 0 saturated carbocycles. The Bertz CT molecular complexity index is 3370. The van der Waals surface area contributed by atoms with Crippen LogP contribution < -0.4 is 4.90 Å². The van der Waals surface area contributed by atoms with E-state index in [0.29, 0.717) is 0 Å². The van der Waals surface area contributed by atoms with Crippen molar-refractivity contribution in [3.05, 3.63) is 206 Å². The summed E-state index contributed by atoms with van der Waals surface area (Å²) in [6.07, 6.45) is 0. The Kier molecular flexibility index (Phi) is 6.93. The van der Waals surface area contributed by atoms with Crippen molar-refractivity contribution in [2.24, 2.45) is 0 Å². The van der Waals surface area contributed by atoms with E-state index in [2.05, 4.69) is 210 Å². The zero-order valence-electron chi connectivity index (χ0n) is 30.9. The van der Waals surface area contributed by atoms with Crippen LogP contribution in [0, 0.1) is 0 Å². The molecule has 57 heavy (non-hydrogen) atoms. The van der Waals surface area contributed by atoms with Crippen LogP contribution in [0.15, 0.2) is 211 Å². The van der Waals surface area contributed by atoms with E-state index in [1.165, 1.54) is 43.4 Å². The van der Waals surface area contributed by atoms with Crippen molar-refractivity contribution < 1.29 is 4.42 Å². The van der Waals surface area contributed by atoms with Gasteiger partial charge in [0, 0.05) is 33.5 Å². The third kappa shape index (κ3) is 4.99. The van der Waals surface area contributed by atoms with Gasteiger partial charge in [-0.05, 0) is 127 Å². The first-order chi connectivity index (χ1) is 28.2. The fourth-order valence-corrected chi connectivity index (χ4v) is 9.04. The van der Waals surface area contributed by atoms with E-state index in [9.17, 15) is 0 Å². The minimum atomic E-state index is 0.896. The SMILES string of the molecule is c1ccc(-c2ccc(N(c3ccc(-c4ccc5c(c4)c4oc6ccccc6c4n5-c4ccccc4)cc3)c3cc4ccc5cccc6ccc(c3)c4c56)cc2)cc1. The van der Waals surface area contributed by atoms with E-state index in [0.717, 1.165) is 66.8 Å². The Morgan fingerprint density at radius 3 is 1.60 bits per heavy atom. The number of furan rings is 1. The molecular formula is C54H34N2O. The molecule has 0 unspecified atom stereocenters. The van der Waals surface area contributed by atoms with Crippen LogP contribution in [-0.4, -0.2) is 4.57 Å². The number of fused-ring (bicyclic) bond motifs is 5. The third-order valence-corrected chi connectivity index (χ3v) is 11.7. The van der Waals surface area contributed by atoms with Crippen molar-refractivity contribution in [3.8, 4) is 27.9 Å². The number of nitrogens with zero attached hydrogens (tertiary/aromatic N) is 2. The average Bonchev–Trinajstić information content (AvgIpc) is 3.81. The maximum absolute atomic E-state index is 6.59. The lowest BCUT2D eigenvalue weighted by atomic mass is 9.93. The highest BCUT2D eigenvalue weighted by Crippen LogP contribution is 2.44. The second kappa shape index (κ2) is 12.5. The quantitative estimate of drug-likeness (QED) is 0.159. The fraction of sp³-hybridized carbons (Fsp3) is 0. The topological polar surface area (TPSA) is 21.3 Å². The maximum atomic E-state index is 6.59. The average molecular weight is 727 g/mol. The van der Waals surface area contributed by atoms with Gasteiger partial charge in [-0.3, -0.25) is 0 Å². The molecule has 0 fully saturated rings. The van der Waals surface area contributed by atoms with Crippen LogP contribution in [0.4, 0.5) is 17.1 Å². The molecule has 10 aromatic carbocycles. The van der Waals surface area contributed by atoms with E-state index in [1.807, 2.05) is 6.07 Å². The number of aromatic nitrogens is 1. The first kappa shape index (κ1) is 31.7. The fourth-order valence-electron chi connectivity index (χ4n) is 9.04. The van der Waals surface area contributed by atoms with Crippen LogP contribution in [0.3, 0.4) is 0 Å². The first-order valence-electron chi connectivity index (χ1n) is 19.5. The van der Waals surface area contributed by atoms with Gasteiger partial charge in [0.25, 0.3) is 0 Å². The van der Waals surface area contributed by atoms with Crippen molar-refractivity contribution >= 4 is 82.4 Å². The molecule has 0 atom stereocenters. The molecule has 2 aromatic heterocycles. The van der Waals surface area contributed by atoms with Gasteiger partial charge in [-0.1, -0.05) is 133 Å². The predicted molar refractivity (Wildman–Crippen MR) is 240 cm³/mol. The lowest BCUT2D eigenvalue weighted by molar-refractivity contribution is 0.673. The number of para-hydroxylation sites is 2. The summed E-state index contributed by atoms with van der Waals surface area (Å²) in [4.78, 5) is 2.38. The lowest BCUT2D eigenvalue weighted by Gasteiger charge is -2.27. The highest BCUT2D eigenvalue weighted by molar-refractivity contribution is 6.24. The van der Waals surface area contributed by atoms with Gasteiger partial charge >= 0.3 is 0 Å². The maximum Gasteiger partial charge on any atom is 0.161 e. The summed E-state index contributed by atoms with van der Waals surface area (Å²) in [5.74, 6) is 0. The van der Waals surface area contributed by atoms with Crippen molar-refractivity contribution in [2.75, 3.05) is 4.90 Å². The van der Waals surface area contributed by atoms with Crippen LogP contribution >= 0.6 is 0 Å². The highest BCUT2D eigenvalue weighted by atomic mass is 16.3. The molecule has 3 nitrogen and oxygen atoms in total. The number of hydrogen-bond donors (Lipinski definition) is 0. The zero-order valence-corrected chi connectivity index (χ0v) is 30.9. The van der Waals surface area contributed by atoms with Gasteiger partial charge in [0.1, 0.15) is 11.1 Å². The Balaban J connectivity index is 0.996. The van der Waals surface area contributed by atoms with E-state index < -0.39 is 0 Å². The summed E-state index contributed by atoms with van der Waals surface area (Å²) in [5.41, 5.74) is 13.2. The molecule has 0 N–H and O–H groups in total. The standard InChI is InChI=1S/C54H34N2O/c1-3-10-35(11-4-1)36-22-27-44(28-23-36)55(46-32-41-20-18-38-12-9-13-39-19-21-42(33-46)52(41)51(38)39)45-29-24-37(25-30-45)40-26-31-49-48(34-40)54-53(47-16-7-8-17-50(47)57-54)56(49)43-14-5-2-6-15-43/h1-34H. The number of benzene rings is 10. The molecular weight excluding hydrogens is 693 g/mol. The summed E-state index contributed by atoms with van der Waals surface area (Å²) >= 11 is 0. The largest absolute Gasteiger partial charge is 0.454 e. The van der Waals surface area contributed by atoms with Crippen LogP contribution in [0.1, 0.15) is 0 Å².